The number of carboxylic acids is 1. The molecule has 0 aromatic heterocycles. The second kappa shape index (κ2) is 3.81. The molecule has 0 radical (unpaired) electrons. The molecule has 1 fully saturated rings. The molecule has 0 spiro atoms. The first-order chi connectivity index (χ1) is 5.36. The first kappa shape index (κ1) is 12.7. The van der Waals surface area contributed by atoms with Gasteiger partial charge in [0.2, 0.25) is 0 Å². The number of carbonyl (C=O) groups is 1. The Hall–Kier alpha value is -0.330. The van der Waals surface area contributed by atoms with Crippen molar-refractivity contribution in [3.05, 3.63) is 0 Å². The molecule has 0 aromatic rings. The summed E-state index contributed by atoms with van der Waals surface area (Å²) in [5.41, 5.74) is 3.84. The van der Waals surface area contributed by atoms with E-state index in [1.165, 1.54) is 0 Å². The van der Waals surface area contributed by atoms with Gasteiger partial charge in [0.15, 0.2) is 9.84 Å². The van der Waals surface area contributed by atoms with Crippen molar-refractivity contribution in [3.8, 4) is 0 Å². The first-order valence-electron chi connectivity index (χ1n) is 3.58. The van der Waals surface area contributed by atoms with E-state index in [1.807, 2.05) is 0 Å². The zero-order valence-electron chi connectivity index (χ0n) is 6.89. The van der Waals surface area contributed by atoms with Gasteiger partial charge in [-0.1, -0.05) is 0 Å². The van der Waals surface area contributed by atoms with E-state index in [-0.39, 0.29) is 24.6 Å². The lowest BCUT2D eigenvalue weighted by Crippen LogP contribution is -2.56. The minimum atomic E-state index is -3.24. The van der Waals surface area contributed by atoms with Crippen LogP contribution in [0.15, 0.2) is 0 Å². The van der Waals surface area contributed by atoms with E-state index in [0.29, 0.717) is 6.42 Å². The third-order valence-electron chi connectivity index (χ3n) is 1.98. The monoisotopic (exact) mass is 229 g/mol. The minimum Gasteiger partial charge on any atom is -0.480 e. The summed E-state index contributed by atoms with van der Waals surface area (Å²) in [6.45, 7) is 0. The normalized spacial score (nSPS) is 31.8. The third kappa shape index (κ3) is 2.82. The van der Waals surface area contributed by atoms with Crippen molar-refractivity contribution >= 4 is 28.2 Å². The Balaban J connectivity index is 0.00000144. The number of aliphatic carboxylic acids is 1. The molecule has 5 nitrogen and oxygen atoms in total. The average molecular weight is 230 g/mol. The summed E-state index contributed by atoms with van der Waals surface area (Å²) in [4.78, 5) is 10.6. The topological polar surface area (TPSA) is 97.5 Å². The van der Waals surface area contributed by atoms with Gasteiger partial charge in [-0.25, -0.2) is 8.42 Å². The van der Waals surface area contributed by atoms with Gasteiger partial charge in [0.05, 0.1) is 11.5 Å². The number of rotatable bonds is 1. The van der Waals surface area contributed by atoms with Crippen LogP contribution in [0.3, 0.4) is 0 Å². The summed E-state index contributed by atoms with van der Waals surface area (Å²) >= 11 is 0. The van der Waals surface area contributed by atoms with E-state index in [1.54, 1.807) is 0 Å². The molecule has 13 heavy (non-hydrogen) atoms. The molecule has 1 heterocycles. The van der Waals surface area contributed by atoms with Crippen LogP contribution >= 0.6 is 12.4 Å². The van der Waals surface area contributed by atoms with Gasteiger partial charge in [-0.2, -0.15) is 0 Å². The minimum absolute atomic E-state index is 0. The largest absolute Gasteiger partial charge is 0.480 e. The first-order valence-corrected chi connectivity index (χ1v) is 5.41. The molecule has 3 N–H and O–H groups in total. The lowest BCUT2D eigenvalue weighted by atomic mass is 9.97. The van der Waals surface area contributed by atoms with Crippen LogP contribution in [0.1, 0.15) is 12.8 Å². The smallest absolute Gasteiger partial charge is 0.324 e. The highest BCUT2D eigenvalue weighted by Crippen LogP contribution is 2.20. The van der Waals surface area contributed by atoms with E-state index in [9.17, 15) is 13.2 Å². The van der Waals surface area contributed by atoms with Crippen molar-refractivity contribution in [2.45, 2.75) is 18.4 Å². The Morgan fingerprint density at radius 3 is 2.31 bits per heavy atom. The Morgan fingerprint density at radius 2 is 2.00 bits per heavy atom. The highest BCUT2D eigenvalue weighted by atomic mass is 35.5. The number of halogens is 1. The van der Waals surface area contributed by atoms with Crippen LogP contribution < -0.4 is 5.73 Å². The quantitative estimate of drug-likeness (QED) is 0.626. The molecular weight excluding hydrogens is 218 g/mol. The molecule has 0 saturated carbocycles. The van der Waals surface area contributed by atoms with Crippen LogP contribution in [0.4, 0.5) is 0 Å². The second-order valence-corrected chi connectivity index (χ2v) is 5.34. The van der Waals surface area contributed by atoms with Crippen LogP contribution in [-0.2, 0) is 14.6 Å². The zero-order valence-corrected chi connectivity index (χ0v) is 8.53. The highest BCUT2D eigenvalue weighted by Gasteiger charge is 2.41. The molecule has 1 unspecified atom stereocenters. The fourth-order valence-electron chi connectivity index (χ4n) is 1.31. The van der Waals surface area contributed by atoms with E-state index in [2.05, 4.69) is 0 Å². The summed E-state index contributed by atoms with van der Waals surface area (Å²) in [7, 11) is -3.24. The Morgan fingerprint density at radius 1 is 1.46 bits per heavy atom. The molecular formula is C6H12ClNO4S. The molecule has 1 saturated heterocycles. The summed E-state index contributed by atoms with van der Waals surface area (Å²) in [5.74, 6) is -1.61. The van der Waals surface area contributed by atoms with Gasteiger partial charge in [-0.15, -0.1) is 12.4 Å². The van der Waals surface area contributed by atoms with Crippen molar-refractivity contribution in [1.29, 1.82) is 0 Å². The van der Waals surface area contributed by atoms with Crippen molar-refractivity contribution in [2.75, 3.05) is 11.5 Å². The van der Waals surface area contributed by atoms with E-state index in [4.69, 9.17) is 10.8 Å². The van der Waals surface area contributed by atoms with Crippen molar-refractivity contribution < 1.29 is 18.3 Å². The van der Waals surface area contributed by atoms with Crippen LogP contribution in [0.5, 0.6) is 0 Å². The Kier molecular flexibility index (Phi) is 3.71. The SMILES string of the molecule is Cl.NC1(C(=O)O)CCCS(=O)(=O)C1. The van der Waals surface area contributed by atoms with Crippen LogP contribution in [0.2, 0.25) is 0 Å². The van der Waals surface area contributed by atoms with Gasteiger partial charge in [-0.3, -0.25) is 4.79 Å². The van der Waals surface area contributed by atoms with Gasteiger partial charge in [0.1, 0.15) is 5.54 Å². The Bertz CT molecular complexity index is 302. The van der Waals surface area contributed by atoms with E-state index < -0.39 is 27.1 Å². The van der Waals surface area contributed by atoms with Gasteiger partial charge in [-0.05, 0) is 12.8 Å². The molecule has 1 rings (SSSR count). The van der Waals surface area contributed by atoms with Gasteiger partial charge in [0, 0.05) is 0 Å². The van der Waals surface area contributed by atoms with Crippen LogP contribution in [0, 0.1) is 0 Å². The molecule has 0 amide bonds. The van der Waals surface area contributed by atoms with Crippen molar-refractivity contribution in [3.63, 3.8) is 0 Å². The lowest BCUT2D eigenvalue weighted by molar-refractivity contribution is -0.142. The third-order valence-corrected chi connectivity index (χ3v) is 3.85. The number of sulfone groups is 1. The predicted octanol–water partition coefficient (Wildman–Crippen LogP) is -0.601. The maximum atomic E-state index is 11.0. The number of carboxylic acid groups (broad SMARTS) is 1. The molecule has 1 aliphatic rings. The molecule has 0 aromatic carbocycles. The molecule has 1 aliphatic heterocycles. The fourth-order valence-corrected chi connectivity index (χ4v) is 3.09. The summed E-state index contributed by atoms with van der Waals surface area (Å²) < 4.78 is 22.1. The number of nitrogens with two attached hydrogens (primary N) is 1. The maximum absolute atomic E-state index is 11.0. The Labute approximate surface area is 82.6 Å². The standard InChI is InChI=1S/C6H11NO4S.ClH/c7-6(5(8)9)2-1-3-12(10,11)4-6;/h1-4,7H2,(H,8,9);1H. The van der Waals surface area contributed by atoms with Gasteiger partial charge in [0.25, 0.3) is 0 Å². The number of hydrogen-bond acceptors (Lipinski definition) is 4. The van der Waals surface area contributed by atoms with Crippen molar-refractivity contribution in [2.24, 2.45) is 5.73 Å². The average Bonchev–Trinajstić information content (AvgIpc) is 1.83. The fraction of sp³-hybridized carbons (Fsp3) is 0.833. The molecule has 1 atom stereocenters. The maximum Gasteiger partial charge on any atom is 0.324 e. The molecule has 7 heteroatoms. The van der Waals surface area contributed by atoms with Crippen LogP contribution in [0.25, 0.3) is 0 Å². The van der Waals surface area contributed by atoms with Gasteiger partial charge >= 0.3 is 5.97 Å². The molecule has 78 valence electrons. The zero-order chi connectivity index (χ0) is 9.41. The van der Waals surface area contributed by atoms with E-state index >= 15 is 0 Å². The number of hydrogen-bond donors (Lipinski definition) is 2. The molecule has 0 bridgehead atoms. The summed E-state index contributed by atoms with van der Waals surface area (Å²) in [6.07, 6.45) is 0.576. The molecule has 0 aliphatic carbocycles. The summed E-state index contributed by atoms with van der Waals surface area (Å²) in [5, 5.41) is 8.64. The van der Waals surface area contributed by atoms with E-state index in [0.717, 1.165) is 0 Å². The van der Waals surface area contributed by atoms with Crippen LogP contribution in [-0.4, -0.2) is 36.5 Å². The predicted molar refractivity (Wildman–Crippen MR) is 49.7 cm³/mol. The highest BCUT2D eigenvalue weighted by molar-refractivity contribution is 7.91. The summed E-state index contributed by atoms with van der Waals surface area (Å²) in [6, 6.07) is 0. The second-order valence-electron chi connectivity index (χ2n) is 3.16. The lowest BCUT2D eigenvalue weighted by Gasteiger charge is -2.28. The van der Waals surface area contributed by atoms with Gasteiger partial charge < -0.3 is 10.8 Å². The van der Waals surface area contributed by atoms with Crippen molar-refractivity contribution in [1.82, 2.24) is 0 Å².